The Kier molecular flexibility index (Phi) is 7.83. The summed E-state index contributed by atoms with van der Waals surface area (Å²) in [5, 5.41) is 7.48. The molecule has 0 aliphatic heterocycles. The van der Waals surface area contributed by atoms with Gasteiger partial charge >= 0.3 is 5.69 Å². The van der Waals surface area contributed by atoms with Crippen LogP contribution in [0, 0.1) is 6.92 Å². The van der Waals surface area contributed by atoms with E-state index < -0.39 is 5.69 Å². The van der Waals surface area contributed by atoms with Crippen LogP contribution in [0.5, 0.6) is 0 Å². The number of hydrogen-bond acceptors (Lipinski definition) is 4. The third-order valence-electron chi connectivity index (χ3n) is 6.46. The minimum atomic E-state index is -0.491. The lowest BCUT2D eigenvalue weighted by Gasteiger charge is -2.16. The summed E-state index contributed by atoms with van der Waals surface area (Å²) in [6.45, 7) is 6.15. The lowest BCUT2D eigenvalue weighted by atomic mass is 10.1. The first-order valence-electron chi connectivity index (χ1n) is 12.5. The molecule has 1 atom stereocenters. The zero-order valence-corrected chi connectivity index (χ0v) is 21.1. The van der Waals surface area contributed by atoms with Crippen molar-refractivity contribution in [3.63, 3.8) is 0 Å². The van der Waals surface area contributed by atoms with Crippen molar-refractivity contribution < 1.29 is 4.79 Å². The van der Waals surface area contributed by atoms with Gasteiger partial charge in [0.05, 0.1) is 5.69 Å². The molecule has 4 aromatic rings. The highest BCUT2D eigenvalue weighted by atomic mass is 16.2. The molecular weight excluding hydrogens is 454 g/mol. The molecule has 0 radical (unpaired) electrons. The summed E-state index contributed by atoms with van der Waals surface area (Å²) >= 11 is 0. The predicted octanol–water partition coefficient (Wildman–Crippen LogP) is 3.07. The van der Waals surface area contributed by atoms with E-state index in [1.165, 1.54) is 14.7 Å². The van der Waals surface area contributed by atoms with E-state index in [1.54, 1.807) is 11.6 Å². The van der Waals surface area contributed by atoms with Gasteiger partial charge < -0.3 is 5.32 Å². The van der Waals surface area contributed by atoms with Crippen LogP contribution in [-0.2, 0) is 37.3 Å². The first-order chi connectivity index (χ1) is 17.4. The van der Waals surface area contributed by atoms with E-state index >= 15 is 0 Å². The minimum Gasteiger partial charge on any atom is -0.352 e. The highest BCUT2D eigenvalue weighted by molar-refractivity contribution is 5.81. The molecule has 0 saturated heterocycles. The van der Waals surface area contributed by atoms with E-state index in [0.717, 1.165) is 18.4 Å². The average Bonchev–Trinajstić information content (AvgIpc) is 3.22. The molecule has 2 aromatic heterocycles. The van der Waals surface area contributed by atoms with E-state index in [0.29, 0.717) is 29.7 Å². The van der Waals surface area contributed by atoms with Crippen molar-refractivity contribution in [1.29, 1.82) is 0 Å². The number of aromatic nitrogens is 4. The maximum atomic E-state index is 13.5. The number of aryl methyl sites for hydroxylation is 4. The Bertz CT molecular complexity index is 1450. The van der Waals surface area contributed by atoms with Crippen LogP contribution in [0.2, 0.25) is 0 Å². The number of nitrogens with zero attached hydrogens (tertiary/aromatic N) is 4. The molecule has 2 heterocycles. The second kappa shape index (κ2) is 11.2. The Morgan fingerprint density at radius 3 is 2.14 bits per heavy atom. The van der Waals surface area contributed by atoms with Crippen molar-refractivity contribution in [3.05, 3.63) is 98.3 Å². The zero-order valence-electron chi connectivity index (χ0n) is 21.1. The first kappa shape index (κ1) is 25.2. The first-order valence-corrected chi connectivity index (χ1v) is 12.5. The summed E-state index contributed by atoms with van der Waals surface area (Å²) in [6.07, 6.45) is 2.16. The van der Waals surface area contributed by atoms with Crippen molar-refractivity contribution in [2.24, 2.45) is 0 Å². The summed E-state index contributed by atoms with van der Waals surface area (Å²) in [7, 11) is 0. The topological polar surface area (TPSA) is 90.9 Å². The van der Waals surface area contributed by atoms with E-state index in [-0.39, 0.29) is 30.6 Å². The van der Waals surface area contributed by atoms with Gasteiger partial charge in [0.25, 0.3) is 5.56 Å². The van der Waals surface area contributed by atoms with Crippen LogP contribution < -0.4 is 16.6 Å². The quantitative estimate of drug-likeness (QED) is 0.372. The van der Waals surface area contributed by atoms with Gasteiger partial charge in [-0.15, -0.1) is 0 Å². The van der Waals surface area contributed by atoms with Crippen molar-refractivity contribution in [2.45, 2.75) is 65.7 Å². The molecule has 0 aliphatic carbocycles. The average molecular weight is 488 g/mol. The number of hydrogen-bond donors (Lipinski definition) is 1. The van der Waals surface area contributed by atoms with Crippen LogP contribution in [-0.4, -0.2) is 30.9 Å². The number of fused-ring (bicyclic) bond motifs is 1. The van der Waals surface area contributed by atoms with Gasteiger partial charge in [0, 0.05) is 19.1 Å². The van der Waals surface area contributed by atoms with Gasteiger partial charge in [-0.05, 0) is 51.2 Å². The molecule has 0 spiro atoms. The number of carbonyl (C=O) groups is 1. The van der Waals surface area contributed by atoms with E-state index in [4.69, 9.17) is 0 Å². The van der Waals surface area contributed by atoms with E-state index in [1.807, 2.05) is 62.4 Å². The third kappa shape index (κ3) is 5.48. The molecule has 0 fully saturated rings. The van der Waals surface area contributed by atoms with Gasteiger partial charge in [0.1, 0.15) is 12.1 Å². The maximum Gasteiger partial charge on any atom is 0.332 e. The van der Waals surface area contributed by atoms with Crippen molar-refractivity contribution in [3.8, 4) is 0 Å². The number of benzene rings is 2. The Morgan fingerprint density at radius 2 is 1.53 bits per heavy atom. The fraction of sp³-hybridized carbons (Fsp3) is 0.357. The van der Waals surface area contributed by atoms with Gasteiger partial charge in [-0.3, -0.25) is 23.4 Å². The van der Waals surface area contributed by atoms with Gasteiger partial charge in [-0.25, -0.2) is 4.79 Å². The summed E-state index contributed by atoms with van der Waals surface area (Å²) < 4.78 is 4.24. The van der Waals surface area contributed by atoms with Gasteiger partial charge in [-0.1, -0.05) is 60.7 Å². The highest BCUT2D eigenvalue weighted by Crippen LogP contribution is 2.14. The molecular formula is C28H33N5O3. The van der Waals surface area contributed by atoms with Crippen LogP contribution in [0.3, 0.4) is 0 Å². The standard InChI is InChI=1S/C28H33N5O3/c1-4-33-26-25(21(3)30-33)32(19-24(34)29-20(2)15-16-22-11-7-5-8-12-22)28(36)31(27(26)35)18-17-23-13-9-6-10-14-23/h5-14,20H,4,15-19H2,1-3H3,(H,29,34)/t20-/m1/s1. The molecule has 0 bridgehead atoms. The zero-order chi connectivity index (χ0) is 25.7. The second-order valence-corrected chi connectivity index (χ2v) is 9.15. The number of amides is 1. The van der Waals surface area contributed by atoms with E-state index in [2.05, 4.69) is 22.5 Å². The number of rotatable bonds is 10. The van der Waals surface area contributed by atoms with Crippen molar-refractivity contribution in [1.82, 2.24) is 24.2 Å². The van der Waals surface area contributed by atoms with Gasteiger partial charge in [-0.2, -0.15) is 5.10 Å². The second-order valence-electron chi connectivity index (χ2n) is 9.15. The number of nitrogens with one attached hydrogen (secondary N) is 1. The monoisotopic (exact) mass is 487 g/mol. The fourth-order valence-electron chi connectivity index (χ4n) is 4.59. The Labute approximate surface area is 210 Å². The van der Waals surface area contributed by atoms with Crippen LogP contribution in [0.1, 0.15) is 37.1 Å². The smallest absolute Gasteiger partial charge is 0.332 e. The summed E-state index contributed by atoms with van der Waals surface area (Å²) in [4.78, 5) is 39.9. The molecule has 2 aromatic carbocycles. The van der Waals surface area contributed by atoms with Crippen LogP contribution in [0.4, 0.5) is 0 Å². The molecule has 4 rings (SSSR count). The number of carbonyl (C=O) groups excluding carboxylic acids is 1. The van der Waals surface area contributed by atoms with Crippen LogP contribution in [0.25, 0.3) is 11.0 Å². The Hall–Kier alpha value is -3.94. The SMILES string of the molecule is CCn1nc(C)c2c1c(=O)n(CCc1ccccc1)c(=O)n2CC(=O)N[C@H](C)CCc1ccccc1. The van der Waals surface area contributed by atoms with Gasteiger partial charge in [0.2, 0.25) is 5.91 Å². The normalized spacial score (nSPS) is 12.1. The minimum absolute atomic E-state index is 0.0626. The summed E-state index contributed by atoms with van der Waals surface area (Å²) in [5.41, 5.74) is 2.71. The molecule has 0 unspecified atom stereocenters. The lowest BCUT2D eigenvalue weighted by molar-refractivity contribution is -0.122. The predicted molar refractivity (Wildman–Crippen MR) is 141 cm³/mol. The lowest BCUT2D eigenvalue weighted by Crippen LogP contribution is -2.44. The van der Waals surface area contributed by atoms with Crippen LogP contribution >= 0.6 is 0 Å². The summed E-state index contributed by atoms with van der Waals surface area (Å²) in [6, 6.07) is 19.8. The third-order valence-corrected chi connectivity index (χ3v) is 6.46. The molecule has 36 heavy (non-hydrogen) atoms. The molecule has 0 saturated carbocycles. The molecule has 8 heteroatoms. The molecule has 1 amide bonds. The van der Waals surface area contributed by atoms with Crippen molar-refractivity contribution in [2.75, 3.05) is 0 Å². The Balaban J connectivity index is 1.60. The molecule has 8 nitrogen and oxygen atoms in total. The van der Waals surface area contributed by atoms with E-state index in [9.17, 15) is 14.4 Å². The largest absolute Gasteiger partial charge is 0.352 e. The molecule has 0 aliphatic rings. The fourth-order valence-corrected chi connectivity index (χ4v) is 4.59. The van der Waals surface area contributed by atoms with Crippen LogP contribution in [0.15, 0.2) is 70.3 Å². The van der Waals surface area contributed by atoms with Gasteiger partial charge in [0.15, 0.2) is 5.52 Å². The molecule has 188 valence electrons. The summed E-state index contributed by atoms with van der Waals surface area (Å²) in [5.74, 6) is -0.268. The molecule has 1 N–H and O–H groups in total. The van der Waals surface area contributed by atoms with Crippen molar-refractivity contribution >= 4 is 16.9 Å². The Morgan fingerprint density at radius 1 is 0.917 bits per heavy atom. The maximum absolute atomic E-state index is 13.5. The highest BCUT2D eigenvalue weighted by Gasteiger charge is 2.22.